The van der Waals surface area contributed by atoms with Crippen LogP contribution in [0.4, 0.5) is 0 Å². The van der Waals surface area contributed by atoms with Gasteiger partial charge in [0, 0.05) is 31.1 Å². The van der Waals surface area contributed by atoms with Gasteiger partial charge in [-0.2, -0.15) is 0 Å². The summed E-state index contributed by atoms with van der Waals surface area (Å²) in [6.45, 7) is 8.32. The van der Waals surface area contributed by atoms with Crippen LogP contribution in [0.3, 0.4) is 0 Å². The van der Waals surface area contributed by atoms with E-state index in [0.29, 0.717) is 33.0 Å². The lowest BCUT2D eigenvalue weighted by Gasteiger charge is -2.35. The van der Waals surface area contributed by atoms with E-state index in [4.69, 9.17) is 9.47 Å². The summed E-state index contributed by atoms with van der Waals surface area (Å²) in [7, 11) is 0. The van der Waals surface area contributed by atoms with Crippen molar-refractivity contribution in [2.75, 3.05) is 59.2 Å². The molecule has 2 atom stereocenters. The van der Waals surface area contributed by atoms with Crippen LogP contribution in [0.1, 0.15) is 6.92 Å². The minimum absolute atomic E-state index is 0.0539. The molecule has 0 aromatic carbocycles. The van der Waals surface area contributed by atoms with E-state index < -0.39 is 6.04 Å². The van der Waals surface area contributed by atoms with Gasteiger partial charge < -0.3 is 9.47 Å². The molecule has 2 aliphatic rings. The van der Waals surface area contributed by atoms with Gasteiger partial charge in [-0.15, -0.1) is 0 Å². The largest absolute Gasteiger partial charge is 0.379 e. The Labute approximate surface area is 113 Å². The van der Waals surface area contributed by atoms with Crippen molar-refractivity contribution >= 4 is 0 Å². The second kappa shape index (κ2) is 7.14. The van der Waals surface area contributed by atoms with Crippen molar-refractivity contribution < 1.29 is 14.4 Å². The van der Waals surface area contributed by atoms with Crippen molar-refractivity contribution in [3.63, 3.8) is 0 Å². The predicted molar refractivity (Wildman–Crippen MR) is 69.9 cm³/mol. The maximum absolute atomic E-state index is 11.3. The summed E-state index contributed by atoms with van der Waals surface area (Å²) in [5.74, 6) is 0. The van der Waals surface area contributed by atoms with Crippen molar-refractivity contribution in [1.82, 2.24) is 9.80 Å². The molecule has 2 heterocycles. The minimum Gasteiger partial charge on any atom is -0.379 e. The average Bonchev–Trinajstić information content (AvgIpc) is 2.46. The Morgan fingerprint density at radius 3 is 2.16 bits per heavy atom. The summed E-state index contributed by atoms with van der Waals surface area (Å²) < 4.78 is 10.6. The van der Waals surface area contributed by atoms with E-state index >= 15 is 0 Å². The van der Waals surface area contributed by atoms with Crippen LogP contribution in [0.15, 0.2) is 0 Å². The van der Waals surface area contributed by atoms with Crippen LogP contribution in [0.25, 0.3) is 0 Å². The van der Waals surface area contributed by atoms with Gasteiger partial charge in [0.05, 0.1) is 39.0 Å². The highest BCUT2D eigenvalue weighted by Crippen LogP contribution is 2.12. The van der Waals surface area contributed by atoms with E-state index in [1.54, 1.807) is 0 Å². The zero-order valence-corrected chi connectivity index (χ0v) is 11.5. The van der Waals surface area contributed by atoms with Crippen LogP contribution in [-0.4, -0.2) is 86.0 Å². The molecule has 0 radical (unpaired) electrons. The molecule has 2 saturated heterocycles. The molecule has 0 N–H and O–H groups in total. The van der Waals surface area contributed by atoms with Crippen LogP contribution >= 0.6 is 0 Å². The van der Waals surface area contributed by atoms with E-state index in [1.165, 1.54) is 0 Å². The molecular weight excluding hydrogens is 250 g/mol. The smallest absolute Gasteiger partial charge is 0.240 e. The highest BCUT2D eigenvalue weighted by molar-refractivity contribution is 4.80. The molecule has 19 heavy (non-hydrogen) atoms. The van der Waals surface area contributed by atoms with Crippen LogP contribution < -0.4 is 0 Å². The Bertz CT molecular complexity index is 291. The molecule has 7 heteroatoms. The highest BCUT2D eigenvalue weighted by Gasteiger charge is 2.35. The first-order chi connectivity index (χ1) is 9.18. The number of nitro groups is 1. The maximum atomic E-state index is 11.3. The van der Waals surface area contributed by atoms with Crippen molar-refractivity contribution in [2.45, 2.75) is 19.0 Å². The topological polar surface area (TPSA) is 68.1 Å². The van der Waals surface area contributed by atoms with Crippen molar-refractivity contribution in [3.05, 3.63) is 10.1 Å². The van der Waals surface area contributed by atoms with Gasteiger partial charge in [0.15, 0.2) is 0 Å². The molecule has 2 aliphatic heterocycles. The Balaban J connectivity index is 1.91. The summed E-state index contributed by atoms with van der Waals surface area (Å²) in [4.78, 5) is 15.5. The Hall–Kier alpha value is -0.760. The Morgan fingerprint density at radius 2 is 1.63 bits per heavy atom. The Kier molecular flexibility index (Phi) is 5.50. The normalized spacial score (nSPS) is 25.9. The van der Waals surface area contributed by atoms with E-state index in [1.807, 2.05) is 6.92 Å². The molecular formula is C12H23N3O4. The Morgan fingerprint density at radius 1 is 1.11 bits per heavy atom. The average molecular weight is 273 g/mol. The van der Waals surface area contributed by atoms with Gasteiger partial charge in [0.1, 0.15) is 0 Å². The number of hydrogen-bond acceptors (Lipinski definition) is 6. The third-order valence-electron chi connectivity index (χ3n) is 4.00. The number of hydrogen-bond donors (Lipinski definition) is 0. The molecule has 0 aromatic rings. The SMILES string of the molecule is CC(C(CN1CCOCC1)[N+](=O)[O-])N1CCOCC1. The lowest BCUT2D eigenvalue weighted by molar-refractivity contribution is -0.530. The number of rotatable bonds is 5. The molecule has 0 aliphatic carbocycles. The molecule has 0 aromatic heterocycles. The molecule has 0 spiro atoms. The second-order valence-electron chi connectivity index (χ2n) is 5.15. The van der Waals surface area contributed by atoms with Crippen LogP contribution in [0.5, 0.6) is 0 Å². The minimum atomic E-state index is -0.545. The quantitative estimate of drug-likeness (QED) is 0.505. The van der Waals surface area contributed by atoms with E-state index in [9.17, 15) is 10.1 Å². The molecule has 2 fully saturated rings. The third-order valence-corrected chi connectivity index (χ3v) is 4.00. The lowest BCUT2D eigenvalue weighted by atomic mass is 10.1. The van der Waals surface area contributed by atoms with Crippen molar-refractivity contribution in [3.8, 4) is 0 Å². The maximum Gasteiger partial charge on any atom is 0.240 e. The third kappa shape index (κ3) is 4.10. The highest BCUT2D eigenvalue weighted by atomic mass is 16.6. The summed E-state index contributed by atoms with van der Waals surface area (Å²) >= 11 is 0. The molecule has 110 valence electrons. The van der Waals surface area contributed by atoms with Gasteiger partial charge in [-0.25, -0.2) is 0 Å². The van der Waals surface area contributed by atoms with E-state index in [2.05, 4.69) is 9.80 Å². The first kappa shape index (κ1) is 14.6. The summed E-state index contributed by atoms with van der Waals surface area (Å²) in [5, 5.41) is 11.3. The van der Waals surface area contributed by atoms with Crippen LogP contribution in [0.2, 0.25) is 0 Å². The summed E-state index contributed by atoms with van der Waals surface area (Å²) in [6, 6.07) is -0.599. The summed E-state index contributed by atoms with van der Waals surface area (Å²) in [5.41, 5.74) is 0. The van der Waals surface area contributed by atoms with Gasteiger partial charge in [0.25, 0.3) is 0 Å². The zero-order chi connectivity index (χ0) is 13.7. The van der Waals surface area contributed by atoms with Gasteiger partial charge in [-0.05, 0) is 6.92 Å². The standard InChI is InChI=1S/C12H23N3O4/c1-11(14-4-8-19-9-5-14)12(15(16)17)10-13-2-6-18-7-3-13/h11-12H,2-10H2,1H3. The fourth-order valence-electron chi connectivity index (χ4n) is 2.67. The van der Waals surface area contributed by atoms with Crippen LogP contribution in [-0.2, 0) is 9.47 Å². The monoisotopic (exact) mass is 273 g/mol. The second-order valence-corrected chi connectivity index (χ2v) is 5.15. The predicted octanol–water partition coefficient (Wildman–Crippen LogP) is -0.315. The van der Waals surface area contributed by atoms with Gasteiger partial charge in [-0.1, -0.05) is 0 Å². The van der Waals surface area contributed by atoms with E-state index in [-0.39, 0.29) is 11.0 Å². The van der Waals surface area contributed by atoms with Crippen LogP contribution in [0, 0.1) is 10.1 Å². The summed E-state index contributed by atoms with van der Waals surface area (Å²) in [6.07, 6.45) is 0. The molecule has 7 nitrogen and oxygen atoms in total. The van der Waals surface area contributed by atoms with Gasteiger partial charge in [-0.3, -0.25) is 19.9 Å². The molecule has 0 amide bonds. The van der Waals surface area contributed by atoms with Crippen molar-refractivity contribution in [1.29, 1.82) is 0 Å². The lowest BCUT2D eigenvalue weighted by Crippen LogP contribution is -2.54. The fourth-order valence-corrected chi connectivity index (χ4v) is 2.67. The number of morpholine rings is 2. The molecule has 0 saturated carbocycles. The van der Waals surface area contributed by atoms with Gasteiger partial charge in [0.2, 0.25) is 6.04 Å². The molecule has 2 rings (SSSR count). The zero-order valence-electron chi connectivity index (χ0n) is 11.5. The van der Waals surface area contributed by atoms with Gasteiger partial charge >= 0.3 is 0 Å². The number of ether oxygens (including phenoxy) is 2. The first-order valence-electron chi connectivity index (χ1n) is 6.94. The number of nitrogens with zero attached hydrogens (tertiary/aromatic N) is 3. The van der Waals surface area contributed by atoms with E-state index in [0.717, 1.165) is 26.2 Å². The first-order valence-corrected chi connectivity index (χ1v) is 6.94. The molecule has 2 unspecified atom stereocenters. The van der Waals surface area contributed by atoms with Crippen molar-refractivity contribution in [2.24, 2.45) is 0 Å². The molecule has 0 bridgehead atoms. The fraction of sp³-hybridized carbons (Fsp3) is 1.00.